The highest BCUT2D eigenvalue weighted by Crippen LogP contribution is 2.46. The molecule has 2 aliphatic rings. The summed E-state index contributed by atoms with van der Waals surface area (Å²) >= 11 is 5.92. The molecule has 5 rings (SSSR count). The molecule has 1 amide bonds. The smallest absolute Gasteiger partial charge is 0.246 e. The lowest BCUT2D eigenvalue weighted by molar-refractivity contribution is -0.129. The van der Waals surface area contributed by atoms with Gasteiger partial charge in [-0.25, -0.2) is 19.3 Å². The minimum absolute atomic E-state index is 0.00959. The van der Waals surface area contributed by atoms with E-state index in [1.807, 2.05) is 4.90 Å². The summed E-state index contributed by atoms with van der Waals surface area (Å²) in [5, 5.41) is 3.00. The second-order valence-corrected chi connectivity index (χ2v) is 8.58. The van der Waals surface area contributed by atoms with Gasteiger partial charge in [0.2, 0.25) is 5.91 Å². The van der Waals surface area contributed by atoms with Gasteiger partial charge in [0.1, 0.15) is 11.8 Å². The minimum Gasteiger partial charge on any atom is -0.493 e. The van der Waals surface area contributed by atoms with Crippen molar-refractivity contribution < 1.29 is 13.9 Å². The number of carbonyl (C=O) groups excluding carboxylic acids is 1. The number of hydrogen-bond donors (Lipinski definition) is 1. The van der Waals surface area contributed by atoms with Crippen molar-refractivity contribution in [2.24, 2.45) is 0 Å². The van der Waals surface area contributed by atoms with Crippen LogP contribution in [-0.2, 0) is 4.79 Å². The fraction of sp³-hybridized carbons (Fsp3) is 0.304. The summed E-state index contributed by atoms with van der Waals surface area (Å²) in [4.78, 5) is 29.8. The number of hydrogen-bond acceptors (Lipinski definition) is 7. The number of methoxy groups -OCH3 is 1. The topological polar surface area (TPSA) is 83.5 Å². The maximum absolute atomic E-state index is 14.5. The summed E-state index contributed by atoms with van der Waals surface area (Å²) in [6.45, 7) is 5.43. The fourth-order valence-corrected chi connectivity index (χ4v) is 4.51. The lowest BCUT2D eigenvalue weighted by atomic mass is 10.1. The Kier molecular flexibility index (Phi) is 5.28. The average Bonchev–Trinajstić information content (AvgIpc) is 3.59. The third-order valence-corrected chi connectivity index (χ3v) is 6.49. The van der Waals surface area contributed by atoms with Gasteiger partial charge in [-0.3, -0.25) is 4.79 Å². The number of nitrogens with one attached hydrogen (secondary N) is 1. The van der Waals surface area contributed by atoms with E-state index in [0.29, 0.717) is 48.1 Å². The number of carbonyl (C=O) groups is 1. The van der Waals surface area contributed by atoms with Crippen molar-refractivity contribution in [3.05, 3.63) is 54.1 Å². The predicted molar refractivity (Wildman–Crippen MR) is 125 cm³/mol. The summed E-state index contributed by atoms with van der Waals surface area (Å²) in [5.41, 5.74) is 1.01. The Labute approximate surface area is 195 Å². The molecule has 33 heavy (non-hydrogen) atoms. The molecule has 1 N–H and O–H groups in total. The normalized spacial score (nSPS) is 16.7. The molecule has 1 spiro atoms. The Bertz CT molecular complexity index is 1270. The van der Waals surface area contributed by atoms with E-state index in [2.05, 4.69) is 26.8 Å². The largest absolute Gasteiger partial charge is 0.493 e. The molecule has 1 aliphatic heterocycles. The number of aromatic nitrogens is 3. The zero-order valence-corrected chi connectivity index (χ0v) is 18.8. The first-order valence-electron chi connectivity index (χ1n) is 10.6. The number of nitrogens with zero attached hydrogens (tertiary/aromatic N) is 5. The van der Waals surface area contributed by atoms with Crippen LogP contribution in [0.4, 0.5) is 21.7 Å². The van der Waals surface area contributed by atoms with E-state index in [9.17, 15) is 9.18 Å². The van der Waals surface area contributed by atoms with Gasteiger partial charge in [-0.05, 0) is 31.1 Å². The zero-order valence-electron chi connectivity index (χ0n) is 18.0. The molecule has 1 saturated heterocycles. The molecule has 170 valence electrons. The van der Waals surface area contributed by atoms with E-state index >= 15 is 0 Å². The molecule has 2 fully saturated rings. The van der Waals surface area contributed by atoms with Crippen molar-refractivity contribution in [3.63, 3.8) is 0 Å². The molecule has 3 aromatic rings. The van der Waals surface area contributed by atoms with Crippen molar-refractivity contribution in [2.45, 2.75) is 18.4 Å². The zero-order chi connectivity index (χ0) is 23.2. The van der Waals surface area contributed by atoms with E-state index in [1.165, 1.54) is 18.5 Å². The van der Waals surface area contributed by atoms with Gasteiger partial charge in [0.15, 0.2) is 23.2 Å². The Morgan fingerprint density at radius 2 is 2.15 bits per heavy atom. The highest BCUT2D eigenvalue weighted by molar-refractivity contribution is 6.31. The quantitative estimate of drug-likeness (QED) is 0.568. The van der Waals surface area contributed by atoms with Crippen molar-refractivity contribution in [2.75, 3.05) is 37.0 Å². The number of halogens is 2. The van der Waals surface area contributed by atoms with Gasteiger partial charge in [0, 0.05) is 25.7 Å². The highest BCUT2D eigenvalue weighted by Gasteiger charge is 2.53. The lowest BCUT2D eigenvalue weighted by Gasteiger charge is -2.42. The van der Waals surface area contributed by atoms with Crippen molar-refractivity contribution >= 4 is 45.9 Å². The van der Waals surface area contributed by atoms with Crippen molar-refractivity contribution in [1.82, 2.24) is 19.9 Å². The molecule has 0 bridgehead atoms. The van der Waals surface area contributed by atoms with Crippen LogP contribution < -0.4 is 15.0 Å². The first-order chi connectivity index (χ1) is 16.0. The Morgan fingerprint density at radius 3 is 2.88 bits per heavy atom. The van der Waals surface area contributed by atoms with E-state index in [1.54, 1.807) is 25.3 Å². The average molecular weight is 469 g/mol. The van der Waals surface area contributed by atoms with Crippen LogP contribution in [0.1, 0.15) is 12.8 Å². The highest BCUT2D eigenvalue weighted by atomic mass is 35.5. The van der Waals surface area contributed by atoms with Crippen LogP contribution in [0.5, 0.6) is 5.75 Å². The maximum atomic E-state index is 14.5. The van der Waals surface area contributed by atoms with E-state index in [4.69, 9.17) is 21.3 Å². The number of amides is 1. The maximum Gasteiger partial charge on any atom is 0.246 e. The molecule has 0 atom stereocenters. The SMILES string of the molecule is C=CC(=O)N1CCN(c2nc3c(Nc4cccc(Cl)c4F)ncnc3cc2OC)CC12CC2. The first-order valence-corrected chi connectivity index (χ1v) is 10.9. The van der Waals surface area contributed by atoms with Gasteiger partial charge in [-0.2, -0.15) is 0 Å². The second-order valence-electron chi connectivity index (χ2n) is 8.17. The standard InChI is InChI=1S/C23H22ClFN6O2/c1-3-18(32)31-10-9-30(12-23(31)7-8-23)22-17(33-2)11-16-20(29-22)21(27-13-26-16)28-15-6-4-5-14(24)19(15)25/h3-6,11,13H,1,7-10,12H2,2H3,(H,26,27,28). The molecule has 2 aromatic heterocycles. The molecule has 1 aromatic carbocycles. The first kappa shape index (κ1) is 21.4. The van der Waals surface area contributed by atoms with E-state index in [-0.39, 0.29) is 22.2 Å². The number of piperazine rings is 1. The Balaban J connectivity index is 1.53. The van der Waals surface area contributed by atoms with Crippen LogP contribution in [0.2, 0.25) is 5.02 Å². The van der Waals surface area contributed by atoms with Crippen LogP contribution in [-0.4, -0.2) is 58.0 Å². The number of ether oxygens (including phenoxy) is 1. The van der Waals surface area contributed by atoms with Gasteiger partial charge in [-0.1, -0.05) is 24.2 Å². The Morgan fingerprint density at radius 1 is 1.33 bits per heavy atom. The van der Waals surface area contributed by atoms with Gasteiger partial charge < -0.3 is 19.9 Å². The van der Waals surface area contributed by atoms with Crippen LogP contribution in [0.15, 0.2) is 43.2 Å². The molecule has 1 aliphatic carbocycles. The second kappa shape index (κ2) is 8.15. The third kappa shape index (κ3) is 3.72. The summed E-state index contributed by atoms with van der Waals surface area (Å²) in [5.74, 6) is 0.936. The van der Waals surface area contributed by atoms with Gasteiger partial charge in [-0.15, -0.1) is 0 Å². The minimum atomic E-state index is -0.571. The fourth-order valence-electron chi connectivity index (χ4n) is 4.34. The number of anilines is 3. The van der Waals surface area contributed by atoms with E-state index < -0.39 is 5.82 Å². The summed E-state index contributed by atoms with van der Waals surface area (Å²) in [6, 6.07) is 6.50. The number of benzene rings is 1. The van der Waals surface area contributed by atoms with Gasteiger partial charge in [0.25, 0.3) is 0 Å². The monoisotopic (exact) mass is 468 g/mol. The van der Waals surface area contributed by atoms with Crippen LogP contribution in [0.3, 0.4) is 0 Å². The summed E-state index contributed by atoms with van der Waals surface area (Å²) < 4.78 is 20.1. The van der Waals surface area contributed by atoms with Crippen molar-refractivity contribution in [3.8, 4) is 5.75 Å². The van der Waals surface area contributed by atoms with Crippen LogP contribution in [0, 0.1) is 5.82 Å². The molecular formula is C23H22ClFN6O2. The van der Waals surface area contributed by atoms with E-state index in [0.717, 1.165) is 12.8 Å². The molecule has 10 heteroatoms. The van der Waals surface area contributed by atoms with Gasteiger partial charge >= 0.3 is 0 Å². The molecule has 3 heterocycles. The predicted octanol–water partition coefficient (Wildman–Crippen LogP) is 3.94. The third-order valence-electron chi connectivity index (χ3n) is 6.20. The van der Waals surface area contributed by atoms with Crippen LogP contribution >= 0.6 is 11.6 Å². The number of pyridine rings is 1. The summed E-state index contributed by atoms with van der Waals surface area (Å²) in [7, 11) is 1.58. The molecule has 0 radical (unpaired) electrons. The summed E-state index contributed by atoms with van der Waals surface area (Å²) in [6.07, 6.45) is 4.62. The molecule has 8 nitrogen and oxygen atoms in total. The molecule has 0 unspecified atom stereocenters. The number of rotatable bonds is 5. The molecular weight excluding hydrogens is 447 g/mol. The lowest BCUT2D eigenvalue weighted by Crippen LogP contribution is -2.57. The van der Waals surface area contributed by atoms with Crippen molar-refractivity contribution in [1.29, 1.82) is 0 Å². The number of fused-ring (bicyclic) bond motifs is 1. The van der Waals surface area contributed by atoms with Gasteiger partial charge in [0.05, 0.1) is 28.9 Å². The Hall–Kier alpha value is -3.46. The molecule has 1 saturated carbocycles. The van der Waals surface area contributed by atoms with Crippen LogP contribution in [0.25, 0.3) is 11.0 Å².